The average molecular weight is 386 g/mol. The monoisotopic (exact) mass is 384 g/mol. The average Bonchev–Trinajstić information content (AvgIpc) is 2.12. The van der Waals surface area contributed by atoms with Crippen molar-refractivity contribution in [3.05, 3.63) is 27.1 Å². The zero-order valence-corrected chi connectivity index (χ0v) is 13.8. The molecule has 0 aliphatic rings. The van der Waals surface area contributed by atoms with Crippen molar-refractivity contribution in [2.24, 2.45) is 5.41 Å². The molecular formula is C11H14Br2O3S. The summed E-state index contributed by atoms with van der Waals surface area (Å²) >= 11 is 6.49. The molecular weight excluding hydrogens is 372 g/mol. The van der Waals surface area contributed by atoms with Crippen LogP contribution < -0.4 is 0 Å². The fraction of sp³-hybridized carbons (Fsp3) is 0.455. The Hall–Kier alpha value is 0.0900. The molecule has 17 heavy (non-hydrogen) atoms. The molecule has 96 valence electrons. The highest BCUT2D eigenvalue weighted by molar-refractivity contribution is 9.11. The van der Waals surface area contributed by atoms with E-state index < -0.39 is 10.1 Å². The first-order valence-corrected chi connectivity index (χ1v) is 7.95. The molecule has 0 aromatic heterocycles. The smallest absolute Gasteiger partial charge is 0.266 e. The second kappa shape index (κ2) is 5.38. The maximum absolute atomic E-state index is 11.9. The topological polar surface area (TPSA) is 43.4 Å². The Kier molecular flexibility index (Phi) is 4.80. The number of benzene rings is 1. The Bertz CT molecular complexity index is 484. The molecule has 1 aromatic carbocycles. The normalized spacial score (nSPS) is 12.8. The molecule has 0 aliphatic carbocycles. The molecule has 0 heterocycles. The summed E-state index contributed by atoms with van der Waals surface area (Å²) in [5, 5.41) is 0. The van der Waals surface area contributed by atoms with Crippen LogP contribution in [-0.4, -0.2) is 15.0 Å². The summed E-state index contributed by atoms with van der Waals surface area (Å²) in [6, 6.07) is 4.80. The first kappa shape index (κ1) is 15.1. The van der Waals surface area contributed by atoms with E-state index in [4.69, 9.17) is 4.18 Å². The summed E-state index contributed by atoms with van der Waals surface area (Å²) in [4.78, 5) is 0.142. The molecule has 0 spiro atoms. The maximum atomic E-state index is 11.9. The van der Waals surface area contributed by atoms with E-state index in [1.54, 1.807) is 6.07 Å². The number of hydrogen-bond donors (Lipinski definition) is 0. The molecule has 1 rings (SSSR count). The van der Waals surface area contributed by atoms with Crippen molar-refractivity contribution in [3.8, 4) is 0 Å². The fourth-order valence-corrected chi connectivity index (χ4v) is 3.78. The van der Waals surface area contributed by atoms with Gasteiger partial charge in [0.1, 0.15) is 0 Å². The molecule has 0 bridgehead atoms. The van der Waals surface area contributed by atoms with Gasteiger partial charge in [0.15, 0.2) is 0 Å². The van der Waals surface area contributed by atoms with Crippen LogP contribution in [-0.2, 0) is 14.3 Å². The highest BCUT2D eigenvalue weighted by atomic mass is 79.9. The van der Waals surface area contributed by atoms with Crippen LogP contribution in [0.15, 0.2) is 32.0 Å². The van der Waals surface area contributed by atoms with E-state index in [-0.39, 0.29) is 16.9 Å². The van der Waals surface area contributed by atoms with Gasteiger partial charge in [0.25, 0.3) is 10.1 Å². The minimum absolute atomic E-state index is 0.142. The van der Waals surface area contributed by atoms with Crippen LogP contribution in [0.25, 0.3) is 0 Å². The van der Waals surface area contributed by atoms with Crippen LogP contribution in [0, 0.1) is 5.41 Å². The lowest BCUT2D eigenvalue weighted by atomic mass is 9.99. The highest BCUT2D eigenvalue weighted by Gasteiger charge is 2.20. The molecule has 0 N–H and O–H groups in total. The summed E-state index contributed by atoms with van der Waals surface area (Å²) in [6.07, 6.45) is 0. The lowest BCUT2D eigenvalue weighted by Gasteiger charge is -2.17. The van der Waals surface area contributed by atoms with Crippen LogP contribution in [0.1, 0.15) is 20.8 Å². The van der Waals surface area contributed by atoms with E-state index in [2.05, 4.69) is 31.9 Å². The largest absolute Gasteiger partial charge is 0.297 e. The first-order valence-electron chi connectivity index (χ1n) is 4.96. The number of halogens is 2. The maximum Gasteiger partial charge on any atom is 0.297 e. The summed E-state index contributed by atoms with van der Waals surface area (Å²) in [6.45, 7) is 5.90. The molecule has 0 aliphatic heterocycles. The molecule has 1 aromatic rings. The van der Waals surface area contributed by atoms with Crippen molar-refractivity contribution in [2.45, 2.75) is 25.7 Å². The van der Waals surface area contributed by atoms with E-state index >= 15 is 0 Å². The Labute approximate surface area is 119 Å². The van der Waals surface area contributed by atoms with Gasteiger partial charge in [0, 0.05) is 8.95 Å². The molecule has 0 amide bonds. The number of rotatable bonds is 3. The van der Waals surface area contributed by atoms with E-state index in [1.165, 1.54) is 12.1 Å². The van der Waals surface area contributed by atoms with Crippen molar-refractivity contribution in [2.75, 3.05) is 6.61 Å². The predicted octanol–water partition coefficient (Wildman–Crippen LogP) is 3.96. The molecule has 6 heteroatoms. The summed E-state index contributed by atoms with van der Waals surface area (Å²) in [5.41, 5.74) is -0.198. The molecule has 3 nitrogen and oxygen atoms in total. The molecule has 0 unspecified atom stereocenters. The van der Waals surface area contributed by atoms with Gasteiger partial charge in [-0.15, -0.1) is 0 Å². The Morgan fingerprint density at radius 3 is 2.00 bits per heavy atom. The standard InChI is InChI=1S/C11H14Br2O3S/c1-11(2,3)7-16-17(14,15)10-5-8(12)4-9(13)6-10/h4-6H,7H2,1-3H3. The van der Waals surface area contributed by atoms with Crippen LogP contribution in [0.2, 0.25) is 0 Å². The van der Waals surface area contributed by atoms with Gasteiger partial charge in [-0.1, -0.05) is 52.6 Å². The molecule has 0 atom stereocenters. The van der Waals surface area contributed by atoms with Crippen LogP contribution in [0.5, 0.6) is 0 Å². The second-order valence-corrected chi connectivity index (χ2v) is 8.33. The van der Waals surface area contributed by atoms with E-state index in [0.717, 1.165) is 0 Å². The van der Waals surface area contributed by atoms with Crippen LogP contribution in [0.3, 0.4) is 0 Å². The van der Waals surface area contributed by atoms with Crippen LogP contribution >= 0.6 is 31.9 Å². The van der Waals surface area contributed by atoms with Gasteiger partial charge >= 0.3 is 0 Å². The van der Waals surface area contributed by atoms with Crippen molar-refractivity contribution >= 4 is 42.0 Å². The van der Waals surface area contributed by atoms with Gasteiger partial charge in [-0.25, -0.2) is 0 Å². The lowest BCUT2D eigenvalue weighted by Crippen LogP contribution is -2.18. The van der Waals surface area contributed by atoms with E-state index in [9.17, 15) is 8.42 Å². The molecule has 0 saturated heterocycles. The highest BCUT2D eigenvalue weighted by Crippen LogP contribution is 2.25. The van der Waals surface area contributed by atoms with E-state index in [0.29, 0.717) is 8.95 Å². The third-order valence-electron chi connectivity index (χ3n) is 1.77. The zero-order chi connectivity index (χ0) is 13.3. The molecule has 0 radical (unpaired) electrons. The summed E-state index contributed by atoms with van der Waals surface area (Å²) in [5.74, 6) is 0. The third kappa shape index (κ3) is 5.07. The van der Waals surface area contributed by atoms with Gasteiger partial charge in [0.2, 0.25) is 0 Å². The lowest BCUT2D eigenvalue weighted by molar-refractivity contribution is 0.203. The van der Waals surface area contributed by atoms with Gasteiger partial charge in [0.05, 0.1) is 11.5 Å². The van der Waals surface area contributed by atoms with Gasteiger partial charge < -0.3 is 0 Å². The Morgan fingerprint density at radius 2 is 1.59 bits per heavy atom. The van der Waals surface area contributed by atoms with Crippen LogP contribution in [0.4, 0.5) is 0 Å². The predicted molar refractivity (Wildman–Crippen MR) is 74.4 cm³/mol. The first-order chi connectivity index (χ1) is 7.60. The van der Waals surface area contributed by atoms with E-state index in [1.807, 2.05) is 20.8 Å². The fourth-order valence-electron chi connectivity index (χ4n) is 0.995. The minimum atomic E-state index is -3.70. The summed E-state index contributed by atoms with van der Waals surface area (Å²) < 4.78 is 30.2. The van der Waals surface area contributed by atoms with Gasteiger partial charge in [-0.3, -0.25) is 4.18 Å². The Morgan fingerprint density at radius 1 is 1.12 bits per heavy atom. The van der Waals surface area contributed by atoms with Gasteiger partial charge in [-0.2, -0.15) is 8.42 Å². The van der Waals surface area contributed by atoms with Crippen molar-refractivity contribution < 1.29 is 12.6 Å². The quantitative estimate of drug-likeness (QED) is 0.739. The third-order valence-corrected chi connectivity index (χ3v) is 3.93. The van der Waals surface area contributed by atoms with Crippen molar-refractivity contribution in [3.63, 3.8) is 0 Å². The van der Waals surface area contributed by atoms with Crippen molar-refractivity contribution in [1.82, 2.24) is 0 Å². The van der Waals surface area contributed by atoms with Gasteiger partial charge in [-0.05, 0) is 23.6 Å². The SMILES string of the molecule is CC(C)(C)COS(=O)(=O)c1cc(Br)cc(Br)c1. The second-order valence-electron chi connectivity index (χ2n) is 4.88. The zero-order valence-electron chi connectivity index (χ0n) is 9.83. The number of hydrogen-bond acceptors (Lipinski definition) is 3. The minimum Gasteiger partial charge on any atom is -0.266 e. The molecule has 0 fully saturated rings. The summed E-state index contributed by atoms with van der Waals surface area (Å²) in [7, 11) is -3.70. The molecule has 0 saturated carbocycles. The van der Waals surface area contributed by atoms with Crippen molar-refractivity contribution in [1.29, 1.82) is 0 Å². The Balaban J connectivity index is 2.98.